The zero-order valence-electron chi connectivity index (χ0n) is 22.7. The van der Waals surface area contributed by atoms with Gasteiger partial charge in [-0.25, -0.2) is 0 Å². The van der Waals surface area contributed by atoms with Gasteiger partial charge in [0, 0.05) is 31.1 Å². The van der Waals surface area contributed by atoms with E-state index in [2.05, 4.69) is 48.3 Å². The second kappa shape index (κ2) is 13.3. The number of primary amides is 1. The van der Waals surface area contributed by atoms with E-state index in [1.54, 1.807) is 6.92 Å². The third-order valence-corrected chi connectivity index (χ3v) is 7.30. The molecular weight excluding hydrogens is 438 g/mol. The van der Waals surface area contributed by atoms with Crippen LogP contribution >= 0.6 is 0 Å². The lowest BCUT2D eigenvalue weighted by molar-refractivity contribution is -0.124. The molecule has 1 unspecified atom stereocenters. The molecule has 6 heteroatoms. The Morgan fingerprint density at radius 1 is 1.09 bits per heavy atom. The molecule has 0 bridgehead atoms. The summed E-state index contributed by atoms with van der Waals surface area (Å²) in [6.07, 6.45) is 8.91. The van der Waals surface area contributed by atoms with Crippen LogP contribution in [-0.2, 0) is 16.0 Å². The number of nitrogens with two attached hydrogens (primary N) is 1. The molecule has 0 heterocycles. The van der Waals surface area contributed by atoms with E-state index in [0.29, 0.717) is 25.3 Å². The van der Waals surface area contributed by atoms with Gasteiger partial charge in [-0.05, 0) is 76.0 Å². The highest BCUT2D eigenvalue weighted by Crippen LogP contribution is 2.32. The summed E-state index contributed by atoms with van der Waals surface area (Å²) in [5.41, 5.74) is 6.82. The fourth-order valence-corrected chi connectivity index (χ4v) is 4.87. The molecule has 2 rings (SSSR count). The van der Waals surface area contributed by atoms with E-state index in [1.165, 1.54) is 12.0 Å². The number of aliphatic hydroxyl groups is 1. The van der Waals surface area contributed by atoms with Gasteiger partial charge in [-0.15, -0.1) is 0 Å². The third kappa shape index (κ3) is 10.6. The Balaban J connectivity index is 2.00. The maximum atomic E-state index is 12.5. The molecule has 0 aromatic heterocycles. The number of nitrogens with zero attached hydrogens (tertiary/aromatic N) is 1. The summed E-state index contributed by atoms with van der Waals surface area (Å²) in [5.74, 6) is -0.138. The summed E-state index contributed by atoms with van der Waals surface area (Å²) in [6.45, 7) is 11.9. The lowest BCUT2D eigenvalue weighted by Crippen LogP contribution is -2.52. The molecule has 1 atom stereocenters. The first-order chi connectivity index (χ1) is 16.4. The smallest absolute Gasteiger partial charge is 0.220 e. The van der Waals surface area contributed by atoms with Crippen LogP contribution in [0, 0.1) is 11.8 Å². The molecule has 0 aliphatic heterocycles. The first-order valence-corrected chi connectivity index (χ1v) is 13.6. The second-order valence-electron chi connectivity index (χ2n) is 11.8. The van der Waals surface area contributed by atoms with Crippen molar-refractivity contribution in [1.29, 1.82) is 0 Å². The number of aryl methyl sites for hydroxylation is 1. The van der Waals surface area contributed by atoms with Gasteiger partial charge >= 0.3 is 0 Å². The number of nitrogens with one attached hydrogen (secondary N) is 1. The van der Waals surface area contributed by atoms with E-state index in [0.717, 1.165) is 57.2 Å². The SMILES string of the molecule is CC(C)CCN(CC(C)(C)NC(=O)CCC(C)C(N)=O)c1ccc(CCC2(O)CCCCC2)cc1. The normalized spacial score (nSPS) is 16.7. The topological polar surface area (TPSA) is 95.7 Å². The van der Waals surface area contributed by atoms with E-state index in [9.17, 15) is 14.7 Å². The first-order valence-electron chi connectivity index (χ1n) is 13.6. The molecule has 35 heavy (non-hydrogen) atoms. The number of carbonyl (C=O) groups is 2. The van der Waals surface area contributed by atoms with Gasteiger partial charge in [0.1, 0.15) is 0 Å². The van der Waals surface area contributed by atoms with Crippen LogP contribution < -0.4 is 16.0 Å². The molecule has 198 valence electrons. The lowest BCUT2D eigenvalue weighted by Gasteiger charge is -2.35. The van der Waals surface area contributed by atoms with Crippen LogP contribution in [0.25, 0.3) is 0 Å². The minimum Gasteiger partial charge on any atom is -0.390 e. The number of benzene rings is 1. The van der Waals surface area contributed by atoms with E-state index in [4.69, 9.17) is 5.73 Å². The van der Waals surface area contributed by atoms with E-state index < -0.39 is 11.1 Å². The maximum absolute atomic E-state index is 12.5. The van der Waals surface area contributed by atoms with Gasteiger partial charge in [0.15, 0.2) is 0 Å². The van der Waals surface area contributed by atoms with Crippen molar-refractivity contribution in [3.05, 3.63) is 29.8 Å². The molecule has 4 N–H and O–H groups in total. The molecular formula is C29H49N3O3. The summed E-state index contributed by atoms with van der Waals surface area (Å²) < 4.78 is 0. The molecule has 0 spiro atoms. The van der Waals surface area contributed by atoms with Gasteiger partial charge in [-0.2, -0.15) is 0 Å². The highest BCUT2D eigenvalue weighted by molar-refractivity contribution is 5.79. The van der Waals surface area contributed by atoms with Gasteiger partial charge in [-0.1, -0.05) is 52.2 Å². The van der Waals surface area contributed by atoms with Gasteiger partial charge in [-0.3, -0.25) is 9.59 Å². The number of anilines is 1. The Kier molecular flexibility index (Phi) is 11.1. The summed E-state index contributed by atoms with van der Waals surface area (Å²) in [6, 6.07) is 8.71. The van der Waals surface area contributed by atoms with Crippen LogP contribution in [-0.4, -0.2) is 41.2 Å². The average Bonchev–Trinajstić information content (AvgIpc) is 2.79. The Morgan fingerprint density at radius 3 is 2.29 bits per heavy atom. The number of amides is 2. The zero-order chi connectivity index (χ0) is 26.1. The molecule has 1 aliphatic rings. The molecule has 2 amide bonds. The van der Waals surface area contributed by atoms with Crippen LogP contribution in [0.5, 0.6) is 0 Å². The van der Waals surface area contributed by atoms with Crippen molar-refractivity contribution in [2.24, 2.45) is 17.6 Å². The zero-order valence-corrected chi connectivity index (χ0v) is 22.7. The molecule has 0 radical (unpaired) electrons. The number of hydrogen-bond acceptors (Lipinski definition) is 4. The van der Waals surface area contributed by atoms with Crippen molar-refractivity contribution in [3.63, 3.8) is 0 Å². The van der Waals surface area contributed by atoms with Crippen molar-refractivity contribution < 1.29 is 14.7 Å². The Labute approximate surface area is 213 Å². The molecule has 1 saturated carbocycles. The molecule has 1 aliphatic carbocycles. The van der Waals surface area contributed by atoms with Crippen LogP contribution in [0.3, 0.4) is 0 Å². The van der Waals surface area contributed by atoms with Crippen LogP contribution in [0.4, 0.5) is 5.69 Å². The third-order valence-electron chi connectivity index (χ3n) is 7.30. The summed E-state index contributed by atoms with van der Waals surface area (Å²) in [7, 11) is 0. The van der Waals surface area contributed by atoms with E-state index in [1.807, 2.05) is 13.8 Å². The van der Waals surface area contributed by atoms with Crippen molar-refractivity contribution in [2.75, 3.05) is 18.0 Å². The molecule has 1 fully saturated rings. The number of carbonyl (C=O) groups excluding carboxylic acids is 2. The van der Waals surface area contributed by atoms with Gasteiger partial charge in [0.05, 0.1) is 11.1 Å². The van der Waals surface area contributed by atoms with Crippen LogP contribution in [0.2, 0.25) is 0 Å². The quantitative estimate of drug-likeness (QED) is 0.345. The highest BCUT2D eigenvalue weighted by Gasteiger charge is 2.29. The summed E-state index contributed by atoms with van der Waals surface area (Å²) in [4.78, 5) is 26.2. The maximum Gasteiger partial charge on any atom is 0.220 e. The fourth-order valence-electron chi connectivity index (χ4n) is 4.87. The van der Waals surface area contributed by atoms with E-state index >= 15 is 0 Å². The minimum absolute atomic E-state index is 0.0529. The Bertz CT molecular complexity index is 798. The average molecular weight is 488 g/mol. The van der Waals surface area contributed by atoms with E-state index in [-0.39, 0.29) is 17.7 Å². The number of rotatable bonds is 14. The second-order valence-corrected chi connectivity index (χ2v) is 11.8. The van der Waals surface area contributed by atoms with Crippen molar-refractivity contribution in [1.82, 2.24) is 5.32 Å². The standard InChI is InChI=1S/C29H49N3O3/c1-22(2)16-20-32(21-28(4,5)31-26(33)14-9-23(3)27(30)34)25-12-10-24(11-13-25)15-19-29(35)17-7-6-8-18-29/h10-13,22-23,35H,6-9,14-21H2,1-5H3,(H2,30,34)(H,31,33). The van der Waals surface area contributed by atoms with Crippen molar-refractivity contribution in [3.8, 4) is 0 Å². The fraction of sp³-hybridized carbons (Fsp3) is 0.724. The molecule has 1 aromatic rings. The predicted octanol–water partition coefficient (Wildman–Crippen LogP) is 4.96. The Hall–Kier alpha value is -2.08. The monoisotopic (exact) mass is 487 g/mol. The van der Waals surface area contributed by atoms with Crippen molar-refractivity contribution >= 4 is 17.5 Å². The Morgan fingerprint density at radius 2 is 1.71 bits per heavy atom. The molecule has 1 aromatic carbocycles. The minimum atomic E-state index is -0.488. The van der Waals surface area contributed by atoms with Gasteiger partial charge < -0.3 is 21.1 Å². The van der Waals surface area contributed by atoms with Crippen LogP contribution in [0.1, 0.15) is 98.0 Å². The molecule has 0 saturated heterocycles. The summed E-state index contributed by atoms with van der Waals surface area (Å²) in [5, 5.41) is 14.0. The largest absolute Gasteiger partial charge is 0.390 e. The number of hydrogen-bond donors (Lipinski definition) is 3. The molecule has 6 nitrogen and oxygen atoms in total. The predicted molar refractivity (Wildman–Crippen MR) is 144 cm³/mol. The van der Waals surface area contributed by atoms with Gasteiger partial charge in [0.25, 0.3) is 0 Å². The summed E-state index contributed by atoms with van der Waals surface area (Å²) >= 11 is 0. The first kappa shape index (κ1) is 29.2. The van der Waals surface area contributed by atoms with Crippen molar-refractivity contribution in [2.45, 2.75) is 110 Å². The van der Waals surface area contributed by atoms with Gasteiger partial charge in [0.2, 0.25) is 11.8 Å². The van der Waals surface area contributed by atoms with Crippen LogP contribution in [0.15, 0.2) is 24.3 Å². The lowest BCUT2D eigenvalue weighted by atomic mass is 9.81. The highest BCUT2D eigenvalue weighted by atomic mass is 16.3.